The molecule has 1 fully saturated rings. The molecule has 0 spiro atoms. The minimum absolute atomic E-state index is 0.0947. The average molecular weight is 316 g/mol. The Hall–Kier alpha value is -1.66. The maximum atomic E-state index is 14.2. The number of hydrogen-bond acceptors (Lipinski definition) is 3. The van der Waals surface area contributed by atoms with E-state index in [2.05, 4.69) is 0 Å². The molecule has 0 aliphatic carbocycles. The van der Waals surface area contributed by atoms with Crippen LogP contribution >= 0.6 is 11.6 Å². The Bertz CT molecular complexity index is 566. The number of carboxylic acid groups (broad SMARTS) is 1. The Morgan fingerprint density at radius 3 is 2.90 bits per heavy atom. The van der Waals surface area contributed by atoms with Crippen LogP contribution in [0.25, 0.3) is 0 Å². The first-order valence-corrected chi connectivity index (χ1v) is 6.80. The molecule has 2 atom stereocenters. The van der Waals surface area contributed by atoms with Crippen molar-refractivity contribution in [3.8, 4) is 0 Å². The zero-order valence-corrected chi connectivity index (χ0v) is 12.1. The predicted octanol–water partition coefficient (Wildman–Crippen LogP) is 2.10. The van der Waals surface area contributed by atoms with Crippen LogP contribution in [0.15, 0.2) is 18.2 Å². The van der Waals surface area contributed by atoms with Gasteiger partial charge >= 0.3 is 5.97 Å². The maximum Gasteiger partial charge on any atom is 0.309 e. The summed E-state index contributed by atoms with van der Waals surface area (Å²) in [6.07, 6.45) is -0.157. The van der Waals surface area contributed by atoms with Gasteiger partial charge in [-0.05, 0) is 6.07 Å². The van der Waals surface area contributed by atoms with Crippen LogP contribution in [0.1, 0.15) is 18.0 Å². The third-order valence-electron chi connectivity index (χ3n) is 3.59. The molecule has 0 aromatic heterocycles. The van der Waals surface area contributed by atoms with E-state index in [0.717, 1.165) is 0 Å². The third-order valence-corrected chi connectivity index (χ3v) is 3.88. The second kappa shape index (κ2) is 6.41. The highest BCUT2D eigenvalue weighted by atomic mass is 35.5. The van der Waals surface area contributed by atoms with Crippen molar-refractivity contribution in [3.63, 3.8) is 0 Å². The topological polar surface area (TPSA) is 66.8 Å². The first-order valence-electron chi connectivity index (χ1n) is 6.42. The van der Waals surface area contributed by atoms with E-state index >= 15 is 0 Å². The van der Waals surface area contributed by atoms with E-state index in [-0.39, 0.29) is 36.1 Å². The van der Waals surface area contributed by atoms with Gasteiger partial charge < -0.3 is 14.7 Å². The van der Waals surface area contributed by atoms with Crippen LogP contribution < -0.4 is 0 Å². The van der Waals surface area contributed by atoms with Gasteiger partial charge in [0.2, 0.25) is 5.91 Å². The molecule has 1 aliphatic rings. The first kappa shape index (κ1) is 15.7. The van der Waals surface area contributed by atoms with Crippen molar-refractivity contribution in [1.29, 1.82) is 0 Å². The summed E-state index contributed by atoms with van der Waals surface area (Å²) in [5.74, 6) is -3.15. The van der Waals surface area contributed by atoms with Gasteiger partial charge in [-0.1, -0.05) is 23.7 Å². The van der Waals surface area contributed by atoms with Crippen LogP contribution in [0.3, 0.4) is 0 Å². The van der Waals surface area contributed by atoms with Crippen molar-refractivity contribution in [1.82, 2.24) is 4.90 Å². The van der Waals surface area contributed by atoms with Crippen molar-refractivity contribution in [2.45, 2.75) is 12.5 Å². The van der Waals surface area contributed by atoms with Crippen LogP contribution in [0.5, 0.6) is 0 Å². The number of benzene rings is 1. The number of rotatable bonds is 5. The Morgan fingerprint density at radius 2 is 2.29 bits per heavy atom. The lowest BCUT2D eigenvalue weighted by Gasteiger charge is -2.27. The minimum Gasteiger partial charge on any atom is -0.481 e. The molecule has 0 saturated carbocycles. The molecule has 0 radical (unpaired) electrons. The molecular formula is C14H15ClFNO4. The Labute approximate surface area is 126 Å². The molecule has 7 heteroatoms. The first-order chi connectivity index (χ1) is 9.97. The molecule has 0 bridgehead atoms. The van der Waals surface area contributed by atoms with Gasteiger partial charge in [-0.2, -0.15) is 0 Å². The number of carbonyl (C=O) groups excluding carboxylic acids is 1. The fraction of sp³-hybridized carbons (Fsp3) is 0.429. The molecule has 1 saturated heterocycles. The van der Waals surface area contributed by atoms with E-state index in [1.165, 1.54) is 30.2 Å². The molecule has 1 aliphatic heterocycles. The molecular weight excluding hydrogens is 301 g/mol. The van der Waals surface area contributed by atoms with Gasteiger partial charge in [-0.15, -0.1) is 0 Å². The van der Waals surface area contributed by atoms with Gasteiger partial charge in [0.15, 0.2) is 0 Å². The monoisotopic (exact) mass is 315 g/mol. The van der Waals surface area contributed by atoms with E-state index in [4.69, 9.17) is 16.3 Å². The second-order valence-electron chi connectivity index (χ2n) is 4.82. The number of ether oxygens (including phenoxy) is 1. The van der Waals surface area contributed by atoms with Crippen molar-refractivity contribution in [3.05, 3.63) is 34.6 Å². The zero-order valence-electron chi connectivity index (χ0n) is 11.4. The van der Waals surface area contributed by atoms with Crippen LogP contribution in [-0.2, 0) is 14.3 Å². The summed E-state index contributed by atoms with van der Waals surface area (Å²) >= 11 is 5.76. The van der Waals surface area contributed by atoms with E-state index in [0.29, 0.717) is 0 Å². The lowest BCUT2D eigenvalue weighted by molar-refractivity contribution is -0.142. The van der Waals surface area contributed by atoms with Gasteiger partial charge in [0, 0.05) is 25.6 Å². The SMILES string of the molecule is COCCN1C(=O)CC(C(=O)O)C1c1cccc(Cl)c1F. The van der Waals surface area contributed by atoms with Crippen molar-refractivity contribution in [2.75, 3.05) is 20.3 Å². The number of hydrogen-bond donors (Lipinski definition) is 1. The fourth-order valence-corrected chi connectivity index (χ4v) is 2.78. The summed E-state index contributed by atoms with van der Waals surface area (Å²) in [4.78, 5) is 24.8. The Balaban J connectivity index is 2.44. The normalized spacial score (nSPS) is 21.9. The summed E-state index contributed by atoms with van der Waals surface area (Å²) in [6, 6.07) is 3.51. The molecule has 5 nitrogen and oxygen atoms in total. The van der Waals surface area contributed by atoms with Crippen molar-refractivity contribution >= 4 is 23.5 Å². The number of carbonyl (C=O) groups is 2. The quantitative estimate of drug-likeness (QED) is 0.903. The standard InChI is InChI=1S/C14H15ClFNO4/c1-21-6-5-17-11(18)7-9(14(19)20)13(17)8-3-2-4-10(15)12(8)16/h2-4,9,13H,5-7H2,1H3,(H,19,20). The summed E-state index contributed by atoms with van der Waals surface area (Å²) in [6.45, 7) is 0.451. The van der Waals surface area contributed by atoms with Crippen LogP contribution in [0.2, 0.25) is 5.02 Å². The summed E-state index contributed by atoms with van der Waals surface area (Å²) in [7, 11) is 1.48. The largest absolute Gasteiger partial charge is 0.481 e. The van der Waals surface area contributed by atoms with Crippen LogP contribution in [0, 0.1) is 11.7 Å². The van der Waals surface area contributed by atoms with Crippen LogP contribution in [-0.4, -0.2) is 42.1 Å². The number of amides is 1. The van der Waals surface area contributed by atoms with E-state index in [1.54, 1.807) is 0 Å². The molecule has 1 amide bonds. The Kier molecular flexibility index (Phi) is 4.80. The number of nitrogens with zero attached hydrogens (tertiary/aromatic N) is 1. The highest BCUT2D eigenvalue weighted by Gasteiger charge is 2.45. The molecule has 1 aromatic carbocycles. The number of halogens is 2. The van der Waals surface area contributed by atoms with Gasteiger partial charge in [0.1, 0.15) is 5.82 Å². The van der Waals surface area contributed by atoms with E-state index in [9.17, 15) is 19.1 Å². The highest BCUT2D eigenvalue weighted by Crippen LogP contribution is 2.40. The van der Waals surface area contributed by atoms with Gasteiger partial charge in [-0.3, -0.25) is 9.59 Å². The molecule has 114 valence electrons. The predicted molar refractivity (Wildman–Crippen MR) is 73.5 cm³/mol. The van der Waals surface area contributed by atoms with Crippen LogP contribution in [0.4, 0.5) is 4.39 Å². The summed E-state index contributed by atoms with van der Waals surface area (Å²) in [5, 5.41) is 9.21. The molecule has 21 heavy (non-hydrogen) atoms. The maximum absolute atomic E-state index is 14.2. The average Bonchev–Trinajstić information content (AvgIpc) is 2.77. The number of aliphatic carboxylic acids is 1. The minimum atomic E-state index is -1.13. The van der Waals surface area contributed by atoms with Crippen molar-refractivity contribution in [2.24, 2.45) is 5.92 Å². The second-order valence-corrected chi connectivity index (χ2v) is 5.22. The molecule has 1 heterocycles. The summed E-state index contributed by atoms with van der Waals surface area (Å²) < 4.78 is 19.1. The molecule has 1 aromatic rings. The Morgan fingerprint density at radius 1 is 1.57 bits per heavy atom. The highest BCUT2D eigenvalue weighted by molar-refractivity contribution is 6.30. The smallest absolute Gasteiger partial charge is 0.309 e. The molecule has 2 unspecified atom stereocenters. The fourth-order valence-electron chi connectivity index (χ4n) is 2.60. The van der Waals surface area contributed by atoms with Crippen molar-refractivity contribution < 1.29 is 23.8 Å². The number of likely N-dealkylation sites (tertiary alicyclic amines) is 1. The summed E-state index contributed by atoms with van der Waals surface area (Å²) in [5.41, 5.74) is 0.122. The van der Waals surface area contributed by atoms with Gasteiger partial charge in [0.05, 0.1) is 23.6 Å². The third kappa shape index (κ3) is 3.01. The lowest BCUT2D eigenvalue weighted by Crippen LogP contribution is -2.33. The zero-order chi connectivity index (χ0) is 15.6. The van der Waals surface area contributed by atoms with Gasteiger partial charge in [0.25, 0.3) is 0 Å². The van der Waals surface area contributed by atoms with E-state index < -0.39 is 23.7 Å². The van der Waals surface area contributed by atoms with E-state index in [1.807, 2.05) is 0 Å². The molecule has 2 rings (SSSR count). The lowest BCUT2D eigenvalue weighted by atomic mass is 9.93. The number of carboxylic acids is 1. The van der Waals surface area contributed by atoms with Gasteiger partial charge in [-0.25, -0.2) is 4.39 Å². The molecule has 1 N–H and O–H groups in total. The number of methoxy groups -OCH3 is 1.